The van der Waals surface area contributed by atoms with E-state index < -0.39 is 0 Å². The molecule has 1 saturated carbocycles. The van der Waals surface area contributed by atoms with E-state index >= 15 is 0 Å². The van der Waals surface area contributed by atoms with Gasteiger partial charge in [-0.25, -0.2) is 0 Å². The summed E-state index contributed by atoms with van der Waals surface area (Å²) in [4.78, 5) is 2.50. The lowest BCUT2D eigenvalue weighted by Gasteiger charge is -2.26. The third-order valence-corrected chi connectivity index (χ3v) is 5.40. The molecule has 0 radical (unpaired) electrons. The number of rotatable bonds is 2. The molecule has 2 heterocycles. The molecule has 20 heavy (non-hydrogen) atoms. The standard InChI is InChI=1S/C17H24N2O/c18-16-5-3-4-13-10-19(12-15(13)16)11-14-6-9-17(20-14)7-1-2-8-17/h3-5,14H,1-2,6-12,18H2. The fourth-order valence-electron chi connectivity index (χ4n) is 4.34. The molecular formula is C17H24N2O. The van der Waals surface area contributed by atoms with Crippen molar-refractivity contribution in [3.05, 3.63) is 29.3 Å². The zero-order chi connectivity index (χ0) is 13.6. The molecule has 1 saturated heterocycles. The van der Waals surface area contributed by atoms with Gasteiger partial charge in [-0.2, -0.15) is 0 Å². The molecule has 0 aromatic heterocycles. The minimum absolute atomic E-state index is 0.260. The molecule has 1 atom stereocenters. The summed E-state index contributed by atoms with van der Waals surface area (Å²) in [6.07, 6.45) is 8.25. The van der Waals surface area contributed by atoms with Gasteiger partial charge in [0.2, 0.25) is 0 Å². The van der Waals surface area contributed by atoms with E-state index in [9.17, 15) is 0 Å². The quantitative estimate of drug-likeness (QED) is 0.841. The Bertz CT molecular complexity index is 508. The maximum atomic E-state index is 6.43. The van der Waals surface area contributed by atoms with Gasteiger partial charge in [0.15, 0.2) is 0 Å². The van der Waals surface area contributed by atoms with Gasteiger partial charge in [0.1, 0.15) is 0 Å². The SMILES string of the molecule is Nc1cccc2c1CN(CC1CCC3(CCCC3)O1)C2. The largest absolute Gasteiger partial charge is 0.398 e. The van der Waals surface area contributed by atoms with E-state index in [1.165, 1.54) is 49.7 Å². The summed E-state index contributed by atoms with van der Waals surface area (Å²) in [5.41, 5.74) is 10.0. The van der Waals surface area contributed by atoms with Crippen LogP contribution >= 0.6 is 0 Å². The molecule has 2 N–H and O–H groups in total. The highest BCUT2D eigenvalue weighted by atomic mass is 16.5. The molecule has 2 fully saturated rings. The van der Waals surface area contributed by atoms with Crippen molar-refractivity contribution in [3.63, 3.8) is 0 Å². The summed E-state index contributed by atoms with van der Waals surface area (Å²) in [6.45, 7) is 3.10. The first kappa shape index (κ1) is 12.7. The van der Waals surface area contributed by atoms with Gasteiger partial charge in [0.25, 0.3) is 0 Å². The van der Waals surface area contributed by atoms with E-state index in [1.807, 2.05) is 6.07 Å². The van der Waals surface area contributed by atoms with Gasteiger partial charge in [-0.3, -0.25) is 4.90 Å². The Labute approximate surface area is 121 Å². The van der Waals surface area contributed by atoms with Gasteiger partial charge in [-0.05, 0) is 42.9 Å². The van der Waals surface area contributed by atoms with E-state index in [4.69, 9.17) is 10.5 Å². The van der Waals surface area contributed by atoms with Gasteiger partial charge in [-0.15, -0.1) is 0 Å². The van der Waals surface area contributed by atoms with Crippen molar-refractivity contribution in [1.29, 1.82) is 0 Å². The van der Waals surface area contributed by atoms with Crippen LogP contribution in [0.3, 0.4) is 0 Å². The number of hydrogen-bond acceptors (Lipinski definition) is 3. The van der Waals surface area contributed by atoms with Gasteiger partial charge in [0.05, 0.1) is 11.7 Å². The number of nitrogen functional groups attached to an aromatic ring is 1. The van der Waals surface area contributed by atoms with Crippen LogP contribution in [0.25, 0.3) is 0 Å². The lowest BCUT2D eigenvalue weighted by molar-refractivity contribution is -0.0477. The number of nitrogens with two attached hydrogens (primary N) is 1. The van der Waals surface area contributed by atoms with Crippen LogP contribution in [0.4, 0.5) is 5.69 Å². The van der Waals surface area contributed by atoms with Crippen LogP contribution in [0.1, 0.15) is 49.7 Å². The average molecular weight is 272 g/mol. The molecule has 3 heteroatoms. The van der Waals surface area contributed by atoms with Gasteiger partial charge < -0.3 is 10.5 Å². The Balaban J connectivity index is 1.39. The number of ether oxygens (including phenoxy) is 1. The van der Waals surface area contributed by atoms with Crippen molar-refractivity contribution >= 4 is 5.69 Å². The third-order valence-electron chi connectivity index (χ3n) is 5.40. The van der Waals surface area contributed by atoms with E-state index in [1.54, 1.807) is 0 Å². The zero-order valence-electron chi connectivity index (χ0n) is 12.1. The Kier molecular flexibility index (Phi) is 3.00. The van der Waals surface area contributed by atoms with Gasteiger partial charge >= 0.3 is 0 Å². The van der Waals surface area contributed by atoms with Crippen LogP contribution in [-0.2, 0) is 17.8 Å². The van der Waals surface area contributed by atoms with Crippen LogP contribution < -0.4 is 5.73 Å². The molecule has 1 unspecified atom stereocenters. The molecule has 3 aliphatic rings. The van der Waals surface area contributed by atoms with E-state index in [2.05, 4.69) is 17.0 Å². The second-order valence-electron chi connectivity index (χ2n) is 6.82. The highest BCUT2D eigenvalue weighted by Gasteiger charge is 2.42. The fourth-order valence-corrected chi connectivity index (χ4v) is 4.34. The Morgan fingerprint density at radius 3 is 2.85 bits per heavy atom. The maximum Gasteiger partial charge on any atom is 0.0710 e. The molecule has 108 valence electrons. The second kappa shape index (κ2) is 4.74. The van der Waals surface area contributed by atoms with Gasteiger partial charge in [-0.1, -0.05) is 25.0 Å². The summed E-state index contributed by atoms with van der Waals surface area (Å²) in [6, 6.07) is 6.29. The molecule has 1 aromatic carbocycles. The molecule has 1 aliphatic carbocycles. The van der Waals surface area contributed by atoms with Crippen molar-refractivity contribution in [3.8, 4) is 0 Å². The highest BCUT2D eigenvalue weighted by Crippen LogP contribution is 2.43. The number of benzene rings is 1. The molecular weight excluding hydrogens is 248 g/mol. The molecule has 1 spiro atoms. The minimum Gasteiger partial charge on any atom is -0.398 e. The van der Waals surface area contributed by atoms with Crippen LogP contribution in [-0.4, -0.2) is 23.1 Å². The lowest BCUT2D eigenvalue weighted by Crippen LogP contribution is -2.31. The fraction of sp³-hybridized carbons (Fsp3) is 0.647. The molecule has 1 aromatic rings. The summed E-state index contributed by atoms with van der Waals surface area (Å²) in [7, 11) is 0. The van der Waals surface area contributed by atoms with Crippen LogP contribution in [0.5, 0.6) is 0 Å². The maximum absolute atomic E-state index is 6.43. The Morgan fingerprint density at radius 1 is 1.20 bits per heavy atom. The molecule has 3 nitrogen and oxygen atoms in total. The van der Waals surface area contributed by atoms with Crippen LogP contribution in [0.2, 0.25) is 0 Å². The number of hydrogen-bond donors (Lipinski definition) is 1. The van der Waals surface area contributed by atoms with Crippen molar-refractivity contribution in [2.24, 2.45) is 0 Å². The first-order valence-electron chi connectivity index (χ1n) is 8.01. The first-order valence-corrected chi connectivity index (χ1v) is 8.01. The summed E-state index contributed by atoms with van der Waals surface area (Å²) in [5.74, 6) is 0. The van der Waals surface area contributed by atoms with Crippen LogP contribution in [0.15, 0.2) is 18.2 Å². The minimum atomic E-state index is 0.260. The van der Waals surface area contributed by atoms with E-state index in [-0.39, 0.29) is 5.60 Å². The monoisotopic (exact) mass is 272 g/mol. The van der Waals surface area contributed by atoms with Gasteiger partial charge in [0, 0.05) is 25.3 Å². The van der Waals surface area contributed by atoms with Crippen molar-refractivity contribution < 1.29 is 4.74 Å². The second-order valence-corrected chi connectivity index (χ2v) is 6.82. The van der Waals surface area contributed by atoms with Crippen molar-refractivity contribution in [2.75, 3.05) is 12.3 Å². The molecule has 2 aliphatic heterocycles. The normalized spacial score (nSPS) is 28.3. The third kappa shape index (κ3) is 2.13. The number of anilines is 1. The Morgan fingerprint density at radius 2 is 2.05 bits per heavy atom. The molecule has 4 rings (SSSR count). The van der Waals surface area contributed by atoms with E-state index in [0.717, 1.165) is 25.3 Å². The Hall–Kier alpha value is -1.06. The summed E-state index contributed by atoms with van der Waals surface area (Å²) < 4.78 is 6.43. The van der Waals surface area contributed by atoms with E-state index in [0.29, 0.717) is 6.10 Å². The van der Waals surface area contributed by atoms with Crippen molar-refractivity contribution in [1.82, 2.24) is 4.90 Å². The lowest BCUT2D eigenvalue weighted by atomic mass is 9.98. The zero-order valence-corrected chi connectivity index (χ0v) is 12.1. The predicted molar refractivity (Wildman–Crippen MR) is 80.3 cm³/mol. The van der Waals surface area contributed by atoms with Crippen molar-refractivity contribution in [2.45, 2.75) is 63.3 Å². The smallest absolute Gasteiger partial charge is 0.0710 e. The first-order chi connectivity index (χ1) is 9.74. The predicted octanol–water partition coefficient (Wildman–Crippen LogP) is 3.08. The average Bonchev–Trinajstić information content (AvgIpc) is 3.13. The summed E-state index contributed by atoms with van der Waals surface area (Å²) in [5, 5.41) is 0. The van der Waals surface area contributed by atoms with Crippen LogP contribution in [0, 0.1) is 0 Å². The summed E-state index contributed by atoms with van der Waals surface area (Å²) >= 11 is 0. The topological polar surface area (TPSA) is 38.5 Å². The number of nitrogens with zero attached hydrogens (tertiary/aromatic N) is 1. The molecule has 0 amide bonds. The molecule has 0 bridgehead atoms. The highest BCUT2D eigenvalue weighted by molar-refractivity contribution is 5.52. The number of fused-ring (bicyclic) bond motifs is 1.